The molecule has 0 rings (SSSR count). The van der Waals surface area contributed by atoms with Crippen LogP contribution in [0.2, 0.25) is 0 Å². The zero-order valence-corrected chi connectivity index (χ0v) is 6.02. The lowest BCUT2D eigenvalue weighted by atomic mass is 11.6. The van der Waals surface area contributed by atoms with E-state index in [0.717, 1.165) is 0 Å². The summed E-state index contributed by atoms with van der Waals surface area (Å²) in [5.74, 6) is 0. The van der Waals surface area contributed by atoms with Gasteiger partial charge in [-0.2, -0.15) is 21.6 Å². The van der Waals surface area contributed by atoms with E-state index in [0.29, 0.717) is 0 Å². The Morgan fingerprint density at radius 3 is 1.11 bits per heavy atom. The van der Waals surface area contributed by atoms with Crippen LogP contribution in [0.5, 0.6) is 0 Å². The average molecular weight is 205 g/mol. The molecular weight excluding hydrogens is 204 g/mol. The summed E-state index contributed by atoms with van der Waals surface area (Å²) in [6.07, 6.45) is 0. The first-order valence-electron chi connectivity index (χ1n) is 1.30. The second kappa shape index (κ2) is 5.13. The Labute approximate surface area is 58.5 Å². The van der Waals surface area contributed by atoms with Crippen LogP contribution in [0, 0.1) is 0 Å². The Morgan fingerprint density at radius 2 is 1.11 bits per heavy atom. The van der Waals surface area contributed by atoms with E-state index in [9.17, 15) is 13.2 Å². The van der Waals surface area contributed by atoms with E-state index in [1.54, 1.807) is 0 Å². The molecule has 8 heteroatoms. The smallest absolute Gasteiger partial charge is 0.195 e. The molecule has 0 saturated carbocycles. The molecule has 0 aromatic carbocycles. The standard InChI is InChI=1S/CHF3.Cl2O2S/c2-1(3)4;1-5(2,3)4/h1H;. The van der Waals surface area contributed by atoms with Crippen molar-refractivity contribution in [1.29, 1.82) is 0 Å². The highest BCUT2D eigenvalue weighted by atomic mass is 36.0. The molecule has 0 radical (unpaired) electrons. The molecule has 0 saturated heterocycles. The van der Waals surface area contributed by atoms with Crippen molar-refractivity contribution < 1.29 is 21.6 Å². The molecule has 0 aliphatic rings. The zero-order valence-electron chi connectivity index (χ0n) is 3.69. The van der Waals surface area contributed by atoms with Crippen molar-refractivity contribution in [2.24, 2.45) is 0 Å². The van der Waals surface area contributed by atoms with E-state index >= 15 is 0 Å². The maximum absolute atomic E-state index is 9.67. The van der Waals surface area contributed by atoms with Crippen LogP contribution in [0.4, 0.5) is 13.2 Å². The molecule has 9 heavy (non-hydrogen) atoms. The van der Waals surface area contributed by atoms with E-state index in [2.05, 4.69) is 21.4 Å². The third-order valence-corrected chi connectivity index (χ3v) is 0. The summed E-state index contributed by atoms with van der Waals surface area (Å²) >= 11 is 0. The van der Waals surface area contributed by atoms with E-state index in [-0.39, 0.29) is 0 Å². The molecule has 0 spiro atoms. The molecule has 0 unspecified atom stereocenters. The fraction of sp³-hybridized carbons (Fsp3) is 1.00. The summed E-state index contributed by atoms with van der Waals surface area (Å²) in [6.45, 7) is -3.67. The summed E-state index contributed by atoms with van der Waals surface area (Å²) in [4.78, 5) is 0. The third kappa shape index (κ3) is 3250. The lowest BCUT2D eigenvalue weighted by molar-refractivity contribution is 0.00819. The van der Waals surface area contributed by atoms with Gasteiger partial charge in [-0.25, -0.2) is 0 Å². The zero-order chi connectivity index (χ0) is 8.08. The summed E-state index contributed by atoms with van der Waals surface area (Å²) in [5, 5.41) is 0. The molecule has 0 amide bonds. The Bertz CT molecular complexity index is 131. The van der Waals surface area contributed by atoms with Gasteiger partial charge in [0.1, 0.15) is 0 Å². The Morgan fingerprint density at radius 1 is 1.11 bits per heavy atom. The molecule has 0 aromatic rings. The largest absolute Gasteiger partial charge is 0.379 e. The molecule has 0 heterocycles. The molecular formula is CHCl2F3O2S. The molecule has 58 valence electrons. The first-order valence-corrected chi connectivity index (χ1v) is 4.43. The van der Waals surface area contributed by atoms with Crippen molar-refractivity contribution in [1.82, 2.24) is 0 Å². The van der Waals surface area contributed by atoms with Gasteiger partial charge in [-0.1, -0.05) is 0 Å². The fourth-order valence-electron chi connectivity index (χ4n) is 0. The van der Waals surface area contributed by atoms with Crippen molar-refractivity contribution in [2.45, 2.75) is 6.68 Å². The maximum Gasteiger partial charge on any atom is 0.379 e. The highest BCUT2D eigenvalue weighted by Gasteiger charge is 1.88. The van der Waals surface area contributed by atoms with Crippen LogP contribution in [0.25, 0.3) is 0 Å². The second-order valence-corrected chi connectivity index (χ2v) is 4.29. The van der Waals surface area contributed by atoms with Gasteiger partial charge in [0, 0.05) is 21.4 Å². The van der Waals surface area contributed by atoms with Crippen LogP contribution in [-0.2, 0) is 8.26 Å². The minimum atomic E-state index is -3.72. The molecule has 0 aromatic heterocycles. The molecule has 0 bridgehead atoms. The van der Waals surface area contributed by atoms with Crippen molar-refractivity contribution in [2.75, 3.05) is 0 Å². The quantitative estimate of drug-likeness (QED) is 0.565. The van der Waals surface area contributed by atoms with Gasteiger partial charge in [-0.05, 0) is 0 Å². The van der Waals surface area contributed by atoms with Crippen molar-refractivity contribution in [3.63, 3.8) is 0 Å². The van der Waals surface area contributed by atoms with Gasteiger partial charge in [0.25, 0.3) is 0 Å². The Balaban J connectivity index is 0. The Kier molecular flexibility index (Phi) is 6.87. The summed E-state index contributed by atoms with van der Waals surface area (Å²) in [7, 11) is 4.81. The van der Waals surface area contributed by atoms with Crippen LogP contribution in [-0.4, -0.2) is 15.1 Å². The monoisotopic (exact) mass is 204 g/mol. The van der Waals surface area contributed by atoms with Gasteiger partial charge in [0.2, 0.25) is 0 Å². The van der Waals surface area contributed by atoms with Crippen LogP contribution in [0.15, 0.2) is 0 Å². The van der Waals surface area contributed by atoms with Crippen molar-refractivity contribution in [3.8, 4) is 0 Å². The average Bonchev–Trinajstić information content (AvgIpc) is 1.19. The number of hydrogen-bond donors (Lipinski definition) is 0. The first-order chi connectivity index (χ1) is 3.73. The van der Waals surface area contributed by atoms with Gasteiger partial charge in [0.15, 0.2) is 0 Å². The highest BCUT2D eigenvalue weighted by Crippen LogP contribution is 1.98. The van der Waals surface area contributed by atoms with Gasteiger partial charge >= 0.3 is 14.9 Å². The molecule has 0 N–H and O–H groups in total. The highest BCUT2D eigenvalue weighted by molar-refractivity contribution is 8.31. The lowest BCUT2D eigenvalue weighted by Gasteiger charge is -1.65. The minimum Gasteiger partial charge on any atom is -0.195 e. The van der Waals surface area contributed by atoms with E-state index in [1.807, 2.05) is 0 Å². The van der Waals surface area contributed by atoms with Crippen LogP contribution in [0.1, 0.15) is 0 Å². The number of hydrogen-bond acceptors (Lipinski definition) is 2. The first kappa shape index (κ1) is 12.0. The van der Waals surface area contributed by atoms with Crippen LogP contribution < -0.4 is 0 Å². The van der Waals surface area contributed by atoms with E-state index < -0.39 is 14.9 Å². The molecule has 2 nitrogen and oxygen atoms in total. The molecule has 0 fully saturated rings. The number of halogens is 5. The number of rotatable bonds is 0. The van der Waals surface area contributed by atoms with Gasteiger partial charge < -0.3 is 0 Å². The summed E-state index contributed by atoms with van der Waals surface area (Å²) in [6, 6.07) is 0. The fourth-order valence-corrected chi connectivity index (χ4v) is 0. The molecule has 0 aliphatic heterocycles. The number of alkyl halides is 3. The van der Waals surface area contributed by atoms with Crippen molar-refractivity contribution in [3.05, 3.63) is 0 Å². The lowest BCUT2D eigenvalue weighted by Crippen LogP contribution is -1.65. The predicted octanol–water partition coefficient (Wildman–Crippen LogP) is 1.89. The minimum absolute atomic E-state index is 3.67. The summed E-state index contributed by atoms with van der Waals surface area (Å²) in [5.41, 5.74) is 0. The SMILES string of the molecule is FC(F)F.O=S(=O)(Cl)Cl. The van der Waals surface area contributed by atoms with Crippen LogP contribution in [0.3, 0.4) is 0 Å². The predicted molar refractivity (Wildman–Crippen MR) is 27.7 cm³/mol. The Hall–Kier alpha value is 0.320. The van der Waals surface area contributed by atoms with Crippen molar-refractivity contribution >= 4 is 29.6 Å². The second-order valence-electron chi connectivity index (χ2n) is 0.626. The van der Waals surface area contributed by atoms with Gasteiger partial charge in [-0.3, -0.25) is 0 Å². The van der Waals surface area contributed by atoms with E-state index in [4.69, 9.17) is 8.42 Å². The molecule has 0 aliphatic carbocycles. The third-order valence-electron chi connectivity index (χ3n) is 0. The topological polar surface area (TPSA) is 34.1 Å². The molecule has 0 atom stereocenters. The maximum atomic E-state index is 9.67. The van der Waals surface area contributed by atoms with E-state index in [1.165, 1.54) is 0 Å². The summed E-state index contributed by atoms with van der Waals surface area (Å²) < 4.78 is 47.3. The van der Waals surface area contributed by atoms with Gasteiger partial charge in [-0.15, -0.1) is 0 Å². The normalized spacial score (nSPS) is 10.4. The van der Waals surface area contributed by atoms with Gasteiger partial charge in [0.05, 0.1) is 0 Å². The van der Waals surface area contributed by atoms with Crippen LogP contribution >= 0.6 is 21.4 Å².